The quantitative estimate of drug-likeness (QED) is 0.531. The third kappa shape index (κ3) is 3.92. The predicted molar refractivity (Wildman–Crippen MR) is 98.9 cm³/mol. The number of carbonyl (C=O) groups is 1. The molecule has 6 heteroatoms. The minimum absolute atomic E-state index is 0.210. The number of rotatable bonds is 7. The zero-order valence-corrected chi connectivity index (χ0v) is 14.1. The Labute approximate surface area is 146 Å². The Kier molecular flexibility index (Phi) is 5.21. The molecule has 0 aliphatic rings. The molecule has 1 amide bonds. The van der Waals surface area contributed by atoms with Crippen molar-refractivity contribution in [1.82, 2.24) is 15.2 Å². The maximum atomic E-state index is 10.6. The van der Waals surface area contributed by atoms with Crippen LogP contribution in [0.5, 0.6) is 0 Å². The molecule has 6 nitrogen and oxygen atoms in total. The monoisotopic (exact) mass is 341 g/mol. The number of nitrogens with one attached hydrogen (secondary N) is 2. The summed E-state index contributed by atoms with van der Waals surface area (Å²) in [6.07, 6.45) is -1.61. The van der Waals surface area contributed by atoms with Gasteiger partial charge in [0, 0.05) is 40.9 Å². The highest BCUT2D eigenvalue weighted by Crippen LogP contribution is 2.28. The first kappa shape index (κ1) is 17.3. The van der Waals surface area contributed by atoms with E-state index >= 15 is 0 Å². The van der Waals surface area contributed by atoms with Crippen molar-refractivity contribution in [2.75, 3.05) is 13.1 Å². The fourth-order valence-corrected chi connectivity index (χ4v) is 3.20. The molecule has 0 fully saturated rings. The van der Waals surface area contributed by atoms with Gasteiger partial charge in [0.2, 0.25) is 0 Å². The van der Waals surface area contributed by atoms with E-state index in [1.807, 2.05) is 24.3 Å². The summed E-state index contributed by atoms with van der Waals surface area (Å²) < 4.78 is 2.13. The maximum absolute atomic E-state index is 10.6. The van der Waals surface area contributed by atoms with Crippen LogP contribution in [-0.4, -0.2) is 46.1 Å². The highest BCUT2D eigenvalue weighted by molar-refractivity contribution is 6.07. The van der Waals surface area contributed by atoms with Crippen molar-refractivity contribution >= 4 is 27.9 Å². The molecule has 4 N–H and O–H groups in total. The van der Waals surface area contributed by atoms with E-state index in [2.05, 4.69) is 39.5 Å². The van der Waals surface area contributed by atoms with E-state index < -0.39 is 12.2 Å². The number of hydrogen-bond acceptors (Lipinski definition) is 3. The van der Waals surface area contributed by atoms with Gasteiger partial charge in [-0.2, -0.15) is 0 Å². The average Bonchev–Trinajstić information content (AvgIpc) is 2.89. The fourth-order valence-electron chi connectivity index (χ4n) is 3.20. The van der Waals surface area contributed by atoms with Crippen LogP contribution in [0.2, 0.25) is 0 Å². The lowest BCUT2D eigenvalue weighted by Crippen LogP contribution is -2.41. The van der Waals surface area contributed by atoms with Gasteiger partial charge < -0.3 is 25.4 Å². The lowest BCUT2D eigenvalue weighted by molar-refractivity contribution is 0.153. The van der Waals surface area contributed by atoms with E-state index in [0.717, 1.165) is 11.0 Å². The maximum Gasteiger partial charge on any atom is 0.404 e. The lowest BCUT2D eigenvalue weighted by atomic mass is 10.2. The van der Waals surface area contributed by atoms with Gasteiger partial charge in [0.25, 0.3) is 0 Å². The molecule has 3 aromatic rings. The Balaban J connectivity index is 1.70. The number of aliphatic hydroxyl groups is 1. The number of hydrogen-bond donors (Lipinski definition) is 4. The smallest absolute Gasteiger partial charge is 0.404 e. The lowest BCUT2D eigenvalue weighted by Gasteiger charge is -2.17. The number of para-hydroxylation sites is 2. The van der Waals surface area contributed by atoms with E-state index in [1.54, 1.807) is 6.92 Å². The molecule has 0 aliphatic carbocycles. The number of fused-ring (bicyclic) bond motifs is 3. The van der Waals surface area contributed by atoms with Crippen molar-refractivity contribution in [2.45, 2.75) is 25.6 Å². The van der Waals surface area contributed by atoms with Crippen molar-refractivity contribution in [1.29, 1.82) is 0 Å². The summed E-state index contributed by atoms with van der Waals surface area (Å²) in [5.74, 6) is 0. The van der Waals surface area contributed by atoms with Crippen LogP contribution in [0.15, 0.2) is 48.5 Å². The van der Waals surface area contributed by atoms with E-state index in [-0.39, 0.29) is 6.04 Å². The van der Waals surface area contributed by atoms with Gasteiger partial charge in [-0.3, -0.25) is 0 Å². The molecule has 132 valence electrons. The standard InChI is InChI=1S/C19H23N3O3/c1-13(21-19(24)25)10-20-11-14(23)12-22-17-8-4-2-6-15(17)16-7-3-5-9-18(16)22/h2-9,13-14,20-21,23H,10-12H2,1H3,(H,24,25)/t13-,14-/m0/s1. The normalized spacial score (nSPS) is 13.8. The van der Waals surface area contributed by atoms with E-state index in [9.17, 15) is 9.90 Å². The number of aliphatic hydroxyl groups excluding tert-OH is 1. The molecule has 0 bridgehead atoms. The second-order valence-electron chi connectivity index (χ2n) is 6.31. The first-order valence-corrected chi connectivity index (χ1v) is 8.40. The molecule has 0 saturated carbocycles. The molecule has 2 atom stereocenters. The average molecular weight is 341 g/mol. The van der Waals surface area contributed by atoms with Gasteiger partial charge in [0.05, 0.1) is 12.6 Å². The Morgan fingerprint density at radius 2 is 1.60 bits per heavy atom. The van der Waals surface area contributed by atoms with Crippen molar-refractivity contribution in [3.05, 3.63) is 48.5 Å². The molecule has 0 spiro atoms. The first-order valence-electron chi connectivity index (χ1n) is 8.40. The third-order valence-electron chi connectivity index (χ3n) is 4.27. The molecular weight excluding hydrogens is 318 g/mol. The molecule has 0 radical (unpaired) electrons. The summed E-state index contributed by atoms with van der Waals surface area (Å²) in [4.78, 5) is 10.6. The molecule has 3 rings (SSSR count). The SMILES string of the molecule is C[C@@H](CNC[C@H](O)Cn1c2ccccc2c2ccccc21)NC(=O)O. The van der Waals surface area contributed by atoms with Crippen LogP contribution in [0.3, 0.4) is 0 Å². The van der Waals surface area contributed by atoms with Gasteiger partial charge in [-0.15, -0.1) is 0 Å². The highest BCUT2D eigenvalue weighted by atomic mass is 16.4. The molecule has 0 saturated heterocycles. The van der Waals surface area contributed by atoms with Crippen LogP contribution in [0.25, 0.3) is 21.8 Å². The highest BCUT2D eigenvalue weighted by Gasteiger charge is 2.13. The Morgan fingerprint density at radius 3 is 2.16 bits per heavy atom. The van der Waals surface area contributed by atoms with Crippen molar-refractivity contribution in [3.8, 4) is 0 Å². The predicted octanol–water partition coefficient (Wildman–Crippen LogP) is 2.40. The van der Waals surface area contributed by atoms with Crippen molar-refractivity contribution < 1.29 is 15.0 Å². The largest absolute Gasteiger partial charge is 0.465 e. The summed E-state index contributed by atoms with van der Waals surface area (Å²) in [6.45, 7) is 3.12. The van der Waals surface area contributed by atoms with Gasteiger partial charge in [-0.1, -0.05) is 36.4 Å². The zero-order chi connectivity index (χ0) is 17.8. The van der Waals surface area contributed by atoms with Gasteiger partial charge in [0.15, 0.2) is 0 Å². The molecule has 2 aromatic carbocycles. The van der Waals surface area contributed by atoms with Crippen LogP contribution in [-0.2, 0) is 6.54 Å². The Hall–Kier alpha value is -2.57. The van der Waals surface area contributed by atoms with E-state index in [1.165, 1.54) is 10.8 Å². The van der Waals surface area contributed by atoms with Crippen molar-refractivity contribution in [3.63, 3.8) is 0 Å². The zero-order valence-electron chi connectivity index (χ0n) is 14.1. The number of nitrogens with zero attached hydrogens (tertiary/aromatic N) is 1. The number of benzene rings is 2. The van der Waals surface area contributed by atoms with Gasteiger partial charge in [-0.05, 0) is 19.1 Å². The second kappa shape index (κ2) is 7.55. The molecule has 1 heterocycles. The van der Waals surface area contributed by atoms with E-state index in [0.29, 0.717) is 19.6 Å². The molecule has 25 heavy (non-hydrogen) atoms. The Bertz CT molecular complexity index is 821. The van der Waals surface area contributed by atoms with Crippen molar-refractivity contribution in [2.24, 2.45) is 0 Å². The molecular formula is C19H23N3O3. The molecule has 1 aromatic heterocycles. The van der Waals surface area contributed by atoms with Crippen LogP contribution < -0.4 is 10.6 Å². The van der Waals surface area contributed by atoms with Gasteiger partial charge >= 0.3 is 6.09 Å². The van der Waals surface area contributed by atoms with Crippen LogP contribution in [0, 0.1) is 0 Å². The van der Waals surface area contributed by atoms with E-state index in [4.69, 9.17) is 5.11 Å². The summed E-state index contributed by atoms with van der Waals surface area (Å²) in [6, 6.07) is 16.2. The Morgan fingerprint density at radius 1 is 1.04 bits per heavy atom. The fraction of sp³-hybridized carbons (Fsp3) is 0.316. The summed E-state index contributed by atoms with van der Waals surface area (Å²) in [7, 11) is 0. The number of aromatic nitrogens is 1. The number of carboxylic acid groups (broad SMARTS) is 1. The summed E-state index contributed by atoms with van der Waals surface area (Å²) in [5.41, 5.74) is 2.20. The van der Waals surface area contributed by atoms with Gasteiger partial charge in [-0.25, -0.2) is 4.79 Å². The molecule has 0 unspecified atom stereocenters. The topological polar surface area (TPSA) is 86.5 Å². The second-order valence-corrected chi connectivity index (χ2v) is 6.31. The van der Waals surface area contributed by atoms with Crippen LogP contribution in [0.1, 0.15) is 6.92 Å². The minimum atomic E-state index is -1.04. The van der Waals surface area contributed by atoms with Crippen LogP contribution in [0.4, 0.5) is 4.79 Å². The first-order chi connectivity index (χ1) is 12.1. The van der Waals surface area contributed by atoms with Gasteiger partial charge in [0.1, 0.15) is 0 Å². The summed E-state index contributed by atoms with van der Waals surface area (Å²) >= 11 is 0. The number of amides is 1. The molecule has 0 aliphatic heterocycles. The van der Waals surface area contributed by atoms with Crippen LogP contribution >= 0.6 is 0 Å². The summed E-state index contributed by atoms with van der Waals surface area (Å²) in [5, 5.41) is 26.9. The minimum Gasteiger partial charge on any atom is -0.465 e. The third-order valence-corrected chi connectivity index (χ3v) is 4.27.